The molecule has 0 aromatic heterocycles. The molecule has 0 bridgehead atoms. The van der Waals surface area contributed by atoms with Gasteiger partial charge in [0.25, 0.3) is 0 Å². The molecule has 0 saturated carbocycles. The quantitative estimate of drug-likeness (QED) is 0.204. The van der Waals surface area contributed by atoms with Crippen LogP contribution in [0.4, 0.5) is 0 Å². The van der Waals surface area contributed by atoms with E-state index >= 15 is 0 Å². The van der Waals surface area contributed by atoms with Crippen molar-refractivity contribution in [2.45, 2.75) is 48.1 Å². The molecular formula is C39H38Si. The van der Waals surface area contributed by atoms with Crippen molar-refractivity contribution in [2.24, 2.45) is 0 Å². The monoisotopic (exact) mass is 534 g/mol. The first-order valence-corrected chi connectivity index (χ1v) is 16.9. The van der Waals surface area contributed by atoms with E-state index in [1.54, 1.807) is 0 Å². The lowest BCUT2D eigenvalue weighted by molar-refractivity contribution is 1.32. The van der Waals surface area contributed by atoms with Crippen LogP contribution in [-0.2, 0) is 0 Å². The lowest BCUT2D eigenvalue weighted by atomic mass is 9.93. The Balaban J connectivity index is 1.65. The second kappa shape index (κ2) is 9.91. The Morgan fingerprint density at radius 1 is 0.450 bits per heavy atom. The van der Waals surface area contributed by atoms with Crippen LogP contribution >= 0.6 is 0 Å². The maximum absolute atomic E-state index is 2.56. The highest BCUT2D eigenvalue weighted by Crippen LogP contribution is 2.32. The molecule has 0 saturated heterocycles. The van der Waals surface area contributed by atoms with Crippen LogP contribution in [0.25, 0.3) is 34.4 Å². The van der Waals surface area contributed by atoms with Gasteiger partial charge in [0.1, 0.15) is 8.07 Å². The molecule has 0 unspecified atom stereocenters. The van der Waals surface area contributed by atoms with Gasteiger partial charge in [-0.05, 0) is 113 Å². The summed E-state index contributed by atoms with van der Waals surface area (Å²) < 4.78 is 0. The molecule has 0 radical (unpaired) electrons. The number of hydrogen-bond acceptors (Lipinski definition) is 0. The highest BCUT2D eigenvalue weighted by molar-refractivity contribution is 7.11. The topological polar surface area (TPSA) is 0 Å². The molecule has 6 rings (SSSR count). The molecule has 0 aliphatic carbocycles. The maximum atomic E-state index is 2.56. The first kappa shape index (κ1) is 26.3. The van der Waals surface area contributed by atoms with Crippen LogP contribution in [0.3, 0.4) is 0 Å². The van der Waals surface area contributed by atoms with Crippen molar-refractivity contribution in [1.82, 2.24) is 0 Å². The first-order valence-electron chi connectivity index (χ1n) is 14.4. The summed E-state index contributed by atoms with van der Waals surface area (Å²) in [5, 5.41) is 4.42. The van der Waals surface area contributed by atoms with Crippen molar-refractivity contribution in [3.63, 3.8) is 0 Å². The second-order valence-corrected chi connectivity index (χ2v) is 15.9. The van der Waals surface area contributed by atoms with Crippen molar-refractivity contribution in [2.75, 3.05) is 0 Å². The fraction of sp³-hybridized carbons (Fsp3) is 0.179. The van der Waals surface area contributed by atoms with E-state index < -0.39 is 8.07 Å². The highest BCUT2D eigenvalue weighted by Gasteiger charge is 2.39. The van der Waals surface area contributed by atoms with E-state index in [1.165, 1.54) is 82.3 Å². The minimum absolute atomic E-state index is 1.32. The molecule has 0 fully saturated rings. The van der Waals surface area contributed by atoms with Crippen LogP contribution in [0.5, 0.6) is 0 Å². The molecule has 1 aliphatic rings. The third-order valence-electron chi connectivity index (χ3n) is 8.91. The summed E-state index contributed by atoms with van der Waals surface area (Å²) >= 11 is 0. The summed E-state index contributed by atoms with van der Waals surface area (Å²) in [6, 6.07) is 34.9. The molecule has 0 amide bonds. The first-order chi connectivity index (χ1) is 19.2. The van der Waals surface area contributed by atoms with Gasteiger partial charge in [-0.1, -0.05) is 121 Å². The lowest BCUT2D eigenvalue weighted by Gasteiger charge is -2.32. The van der Waals surface area contributed by atoms with E-state index in [-0.39, 0.29) is 0 Å². The smallest absolute Gasteiger partial charge is 0.0624 e. The van der Waals surface area contributed by atoms with Gasteiger partial charge >= 0.3 is 0 Å². The Hall–Kier alpha value is -3.94. The zero-order valence-corrected chi connectivity index (χ0v) is 25.8. The molecule has 0 spiro atoms. The zero-order chi connectivity index (χ0) is 28.2. The zero-order valence-electron chi connectivity index (χ0n) is 24.8. The van der Waals surface area contributed by atoms with Crippen molar-refractivity contribution >= 4 is 35.8 Å². The van der Waals surface area contributed by atoms with Crippen molar-refractivity contribution < 1.29 is 0 Å². The predicted octanol–water partition coefficient (Wildman–Crippen LogP) is 8.45. The Morgan fingerprint density at radius 2 is 0.850 bits per heavy atom. The molecule has 1 aliphatic heterocycles. The second-order valence-electron chi connectivity index (χ2n) is 12.0. The van der Waals surface area contributed by atoms with Gasteiger partial charge in [-0.15, -0.1) is 0 Å². The molecular weight excluding hydrogens is 497 g/mol. The minimum atomic E-state index is -2.39. The maximum Gasteiger partial charge on any atom is 0.147 e. The van der Waals surface area contributed by atoms with Gasteiger partial charge in [0.2, 0.25) is 0 Å². The van der Waals surface area contributed by atoms with Crippen LogP contribution in [0.2, 0.25) is 6.55 Å². The van der Waals surface area contributed by atoms with E-state index in [4.69, 9.17) is 0 Å². The van der Waals surface area contributed by atoms with Gasteiger partial charge in [-0.3, -0.25) is 0 Å². The molecule has 0 atom stereocenters. The molecule has 1 heterocycles. The molecule has 5 aromatic carbocycles. The standard InChI is InChI=1S/C39H38Si/c1-25-19-27(3)38(28(4)20-25)33-17-15-31-13-14-32-16-18-34(39-29(5)21-26(2)22-30(39)6)24-37(32)40(7,36(31)23-33)35-11-9-8-10-12-35/h8-24H,1-7H3. The van der Waals surface area contributed by atoms with E-state index in [9.17, 15) is 0 Å². The summed E-state index contributed by atoms with van der Waals surface area (Å²) in [5.74, 6) is 0. The largest absolute Gasteiger partial charge is 0.147 e. The molecule has 0 N–H and O–H groups in total. The predicted molar refractivity (Wildman–Crippen MR) is 178 cm³/mol. The average molecular weight is 535 g/mol. The summed E-state index contributed by atoms with van der Waals surface area (Å²) in [6.07, 6.45) is 4.69. The van der Waals surface area contributed by atoms with Gasteiger partial charge in [0.05, 0.1) is 0 Å². The number of fused-ring (bicyclic) bond motifs is 2. The van der Waals surface area contributed by atoms with Crippen LogP contribution in [0.1, 0.15) is 44.5 Å². The van der Waals surface area contributed by atoms with E-state index in [2.05, 4.69) is 151 Å². The summed E-state index contributed by atoms with van der Waals surface area (Å²) in [4.78, 5) is 0. The fourth-order valence-electron chi connectivity index (χ4n) is 7.26. The van der Waals surface area contributed by atoms with Gasteiger partial charge in [-0.25, -0.2) is 0 Å². The lowest BCUT2D eigenvalue weighted by Crippen LogP contribution is -2.65. The summed E-state index contributed by atoms with van der Waals surface area (Å²) in [6.45, 7) is 16.0. The molecule has 40 heavy (non-hydrogen) atoms. The SMILES string of the molecule is Cc1cc(C)c(-c2ccc3c(c2)[Si](C)(c2ccccc2)c2cc(-c4c(C)cc(C)cc4C)ccc2C=C3)c(C)c1. The number of benzene rings is 5. The number of aryl methyl sites for hydroxylation is 6. The van der Waals surface area contributed by atoms with Crippen molar-refractivity contribution in [3.8, 4) is 22.3 Å². The van der Waals surface area contributed by atoms with Crippen LogP contribution in [-0.4, -0.2) is 8.07 Å². The van der Waals surface area contributed by atoms with E-state index in [0.29, 0.717) is 0 Å². The van der Waals surface area contributed by atoms with Crippen molar-refractivity contribution in [3.05, 3.63) is 136 Å². The minimum Gasteiger partial charge on any atom is -0.0624 e. The van der Waals surface area contributed by atoms with Crippen LogP contribution in [0, 0.1) is 41.5 Å². The Kier molecular flexibility index (Phi) is 6.51. The van der Waals surface area contributed by atoms with E-state index in [0.717, 1.165) is 0 Å². The highest BCUT2D eigenvalue weighted by atomic mass is 28.3. The third kappa shape index (κ3) is 4.30. The number of hydrogen-bond donors (Lipinski definition) is 0. The molecule has 198 valence electrons. The molecule has 1 heteroatoms. The summed E-state index contributed by atoms with van der Waals surface area (Å²) in [5.41, 5.74) is 16.1. The van der Waals surface area contributed by atoms with Gasteiger partial charge in [-0.2, -0.15) is 0 Å². The van der Waals surface area contributed by atoms with Gasteiger partial charge in [0.15, 0.2) is 0 Å². The Morgan fingerprint density at radius 3 is 1.25 bits per heavy atom. The summed E-state index contributed by atoms with van der Waals surface area (Å²) in [7, 11) is -2.39. The normalized spacial score (nSPS) is 13.5. The number of rotatable bonds is 3. The molecule has 0 nitrogen and oxygen atoms in total. The van der Waals surface area contributed by atoms with Crippen molar-refractivity contribution in [1.29, 1.82) is 0 Å². The third-order valence-corrected chi connectivity index (χ3v) is 13.4. The Bertz CT molecular complexity index is 1650. The fourth-order valence-corrected chi connectivity index (χ4v) is 11.4. The van der Waals surface area contributed by atoms with Gasteiger partial charge < -0.3 is 0 Å². The Labute approximate surface area is 241 Å². The van der Waals surface area contributed by atoms with E-state index in [1.807, 2.05) is 0 Å². The van der Waals surface area contributed by atoms with Crippen LogP contribution in [0.15, 0.2) is 91.0 Å². The van der Waals surface area contributed by atoms with Gasteiger partial charge in [0, 0.05) is 0 Å². The molecule has 5 aromatic rings. The van der Waals surface area contributed by atoms with Crippen LogP contribution < -0.4 is 15.6 Å². The average Bonchev–Trinajstić information content (AvgIpc) is 3.03.